The van der Waals surface area contributed by atoms with E-state index in [2.05, 4.69) is 4.72 Å². The molecule has 0 saturated heterocycles. The van der Waals surface area contributed by atoms with E-state index < -0.39 is 28.3 Å². The highest BCUT2D eigenvalue weighted by atomic mass is 32.2. The van der Waals surface area contributed by atoms with E-state index >= 15 is 0 Å². The summed E-state index contributed by atoms with van der Waals surface area (Å²) in [5.41, 5.74) is -1.69. The van der Waals surface area contributed by atoms with Gasteiger partial charge in [-0.2, -0.15) is 13.2 Å². The molecule has 0 aliphatic rings. The van der Waals surface area contributed by atoms with Crippen molar-refractivity contribution in [2.24, 2.45) is 0 Å². The molecule has 8 heteroatoms. The van der Waals surface area contributed by atoms with E-state index in [4.69, 9.17) is 4.74 Å². The molecule has 0 spiro atoms. The van der Waals surface area contributed by atoms with Crippen molar-refractivity contribution in [2.75, 3.05) is 6.54 Å². The number of alkyl halides is 3. The van der Waals surface area contributed by atoms with Gasteiger partial charge in [0.15, 0.2) is 0 Å². The smallest absolute Gasteiger partial charge is 0.355 e. The molecule has 3 aromatic carbocycles. The highest BCUT2D eigenvalue weighted by Crippen LogP contribution is 2.42. The van der Waals surface area contributed by atoms with Crippen LogP contribution in [0.25, 0.3) is 0 Å². The van der Waals surface area contributed by atoms with Gasteiger partial charge >= 0.3 is 6.18 Å². The molecule has 0 aromatic heterocycles. The summed E-state index contributed by atoms with van der Waals surface area (Å²) in [4.78, 5) is -0.120. The Hall–Kier alpha value is -2.68. The fraction of sp³-hybridized carbons (Fsp3) is 0.217. The van der Waals surface area contributed by atoms with Gasteiger partial charge in [-0.1, -0.05) is 78.4 Å². The van der Waals surface area contributed by atoms with Crippen LogP contribution in [0.15, 0.2) is 89.8 Å². The summed E-state index contributed by atoms with van der Waals surface area (Å²) in [5.74, 6) is 0. The summed E-state index contributed by atoms with van der Waals surface area (Å²) in [7, 11) is -4.19. The van der Waals surface area contributed by atoms with E-state index in [9.17, 15) is 21.6 Å². The van der Waals surface area contributed by atoms with Gasteiger partial charge in [0.2, 0.25) is 15.6 Å². The minimum Gasteiger partial charge on any atom is -0.355 e. The summed E-state index contributed by atoms with van der Waals surface area (Å²) in [6, 6.07) is 21.3. The lowest BCUT2D eigenvalue weighted by Gasteiger charge is -2.36. The van der Waals surface area contributed by atoms with Crippen molar-refractivity contribution in [3.8, 4) is 0 Å². The van der Waals surface area contributed by atoms with Gasteiger partial charge < -0.3 is 4.74 Å². The number of ether oxygens (including phenoxy) is 1. The Kier molecular flexibility index (Phi) is 6.83. The minimum absolute atomic E-state index is 0.120. The first kappa shape index (κ1) is 23.0. The third kappa shape index (κ3) is 5.33. The lowest BCUT2D eigenvalue weighted by atomic mass is 9.92. The Morgan fingerprint density at radius 3 is 1.94 bits per heavy atom. The van der Waals surface area contributed by atoms with Crippen LogP contribution in [0.2, 0.25) is 0 Å². The van der Waals surface area contributed by atoms with Crippen molar-refractivity contribution in [1.29, 1.82) is 0 Å². The number of aryl methyl sites for hydroxylation is 1. The molecule has 0 unspecified atom stereocenters. The lowest BCUT2D eigenvalue weighted by Crippen LogP contribution is -2.52. The van der Waals surface area contributed by atoms with Crippen molar-refractivity contribution >= 4 is 10.0 Å². The molecule has 0 aliphatic heterocycles. The van der Waals surface area contributed by atoms with Crippen LogP contribution in [-0.2, 0) is 27.0 Å². The number of sulfonamides is 1. The van der Waals surface area contributed by atoms with Crippen LogP contribution >= 0.6 is 0 Å². The average Bonchev–Trinajstić information content (AvgIpc) is 2.75. The van der Waals surface area contributed by atoms with E-state index in [1.165, 1.54) is 36.4 Å². The number of rotatable bonds is 8. The predicted octanol–water partition coefficient (Wildman–Crippen LogP) is 4.95. The Morgan fingerprint density at radius 2 is 1.39 bits per heavy atom. The zero-order valence-corrected chi connectivity index (χ0v) is 17.6. The minimum atomic E-state index is -4.89. The van der Waals surface area contributed by atoms with E-state index in [1.807, 2.05) is 0 Å². The summed E-state index contributed by atoms with van der Waals surface area (Å²) < 4.78 is 76.2. The molecule has 3 aromatic rings. The summed E-state index contributed by atoms with van der Waals surface area (Å²) in [6.45, 7) is 0.427. The maximum absolute atomic E-state index is 14.4. The largest absolute Gasteiger partial charge is 0.423 e. The Balaban J connectivity index is 1.97. The first-order chi connectivity index (χ1) is 14.6. The second-order valence-electron chi connectivity index (χ2n) is 7.10. The number of halogens is 3. The van der Waals surface area contributed by atoms with Crippen LogP contribution in [0.4, 0.5) is 13.2 Å². The van der Waals surface area contributed by atoms with Crippen molar-refractivity contribution in [1.82, 2.24) is 4.72 Å². The third-order valence-corrected chi connectivity index (χ3v) is 6.29. The number of hydrogen-bond acceptors (Lipinski definition) is 3. The van der Waals surface area contributed by atoms with Gasteiger partial charge in [0.05, 0.1) is 18.0 Å². The molecule has 0 bridgehead atoms. The molecule has 4 nitrogen and oxygen atoms in total. The third-order valence-electron chi connectivity index (χ3n) is 4.87. The van der Waals surface area contributed by atoms with Crippen LogP contribution in [-0.4, -0.2) is 21.1 Å². The summed E-state index contributed by atoms with van der Waals surface area (Å²) >= 11 is 0. The fourth-order valence-corrected chi connectivity index (χ4v) is 4.12. The summed E-state index contributed by atoms with van der Waals surface area (Å²) in [6.07, 6.45) is -4.89. The second-order valence-corrected chi connectivity index (χ2v) is 8.87. The van der Waals surface area contributed by atoms with Crippen molar-refractivity contribution in [3.63, 3.8) is 0 Å². The van der Waals surface area contributed by atoms with E-state index in [-0.39, 0.29) is 17.1 Å². The molecule has 0 amide bonds. The molecule has 164 valence electrons. The monoisotopic (exact) mass is 449 g/mol. The average molecular weight is 449 g/mol. The molecule has 0 fully saturated rings. The molecule has 31 heavy (non-hydrogen) atoms. The number of benzene rings is 3. The van der Waals surface area contributed by atoms with E-state index in [0.717, 1.165) is 5.56 Å². The van der Waals surface area contributed by atoms with Gasteiger partial charge in [0, 0.05) is 0 Å². The molecule has 1 N–H and O–H groups in total. The normalized spacial score (nSPS) is 14.2. The fourth-order valence-electron chi connectivity index (χ4n) is 3.07. The molecule has 1 atom stereocenters. The van der Waals surface area contributed by atoms with Gasteiger partial charge in [-0.3, -0.25) is 0 Å². The Bertz CT molecular complexity index is 1090. The molecule has 0 heterocycles. The molecule has 0 aliphatic carbocycles. The topological polar surface area (TPSA) is 55.4 Å². The standard InChI is InChI=1S/C23H22F3NO3S/c1-18-12-14-21(15-13-18)31(28,29)27-17-22(23(24,25)26,20-10-6-3-7-11-20)30-16-19-8-4-2-5-9-19/h2-15,27H,16-17H2,1H3/t22-/m0/s1. The molecule has 0 radical (unpaired) electrons. The van der Waals surface area contributed by atoms with Crippen molar-refractivity contribution in [3.05, 3.63) is 102 Å². The highest BCUT2D eigenvalue weighted by molar-refractivity contribution is 7.89. The van der Waals surface area contributed by atoms with Gasteiger partial charge in [-0.15, -0.1) is 0 Å². The molecule has 3 rings (SSSR count). The van der Waals surface area contributed by atoms with Gasteiger partial charge in [-0.25, -0.2) is 13.1 Å². The van der Waals surface area contributed by atoms with E-state index in [0.29, 0.717) is 5.56 Å². The summed E-state index contributed by atoms with van der Waals surface area (Å²) in [5, 5.41) is 0. The van der Waals surface area contributed by atoms with Gasteiger partial charge in [-0.05, 0) is 30.2 Å². The van der Waals surface area contributed by atoms with E-state index in [1.54, 1.807) is 55.5 Å². The molecular weight excluding hydrogens is 427 g/mol. The Morgan fingerprint density at radius 1 is 0.839 bits per heavy atom. The quantitative estimate of drug-likeness (QED) is 0.530. The van der Waals surface area contributed by atoms with Crippen molar-refractivity contribution < 1.29 is 26.3 Å². The number of hydrogen-bond donors (Lipinski definition) is 1. The van der Waals surface area contributed by atoms with Crippen LogP contribution in [0.1, 0.15) is 16.7 Å². The van der Waals surface area contributed by atoms with Gasteiger partial charge in [0.25, 0.3) is 0 Å². The Labute approximate surface area is 179 Å². The molecule has 0 saturated carbocycles. The SMILES string of the molecule is Cc1ccc(S(=O)(=O)NC[C@](OCc2ccccc2)(c2ccccc2)C(F)(F)F)cc1. The predicted molar refractivity (Wildman–Crippen MR) is 112 cm³/mol. The number of nitrogens with one attached hydrogen (secondary N) is 1. The van der Waals surface area contributed by atoms with Crippen LogP contribution < -0.4 is 4.72 Å². The first-order valence-corrected chi connectivity index (χ1v) is 11.0. The zero-order valence-electron chi connectivity index (χ0n) is 16.8. The van der Waals surface area contributed by atoms with Gasteiger partial charge in [0.1, 0.15) is 0 Å². The lowest BCUT2D eigenvalue weighted by molar-refractivity contribution is -0.285. The van der Waals surface area contributed by atoms with Crippen LogP contribution in [0.3, 0.4) is 0 Å². The maximum atomic E-state index is 14.4. The van der Waals surface area contributed by atoms with Crippen molar-refractivity contribution in [2.45, 2.75) is 30.2 Å². The van der Waals surface area contributed by atoms with Crippen LogP contribution in [0, 0.1) is 6.92 Å². The first-order valence-electron chi connectivity index (χ1n) is 9.50. The highest BCUT2D eigenvalue weighted by Gasteiger charge is 2.57. The molecular formula is C23H22F3NO3S. The zero-order chi connectivity index (χ0) is 22.5. The maximum Gasteiger partial charge on any atom is 0.423 e. The second kappa shape index (κ2) is 9.21. The van der Waals surface area contributed by atoms with Crippen LogP contribution in [0.5, 0.6) is 0 Å².